The number of carbonyl (C=O) groups excluding carboxylic acids is 1. The van der Waals surface area contributed by atoms with Crippen LogP contribution in [-0.4, -0.2) is 46.9 Å². The maximum atomic E-state index is 11.9. The SMILES string of the molecule is CNC(=O)c1cccc(OC2CCN(c3nnc(C4(c5ccccc5)CC4)n3C)CC2)c1. The molecule has 1 aliphatic carbocycles. The molecule has 2 aliphatic rings. The van der Waals surface area contributed by atoms with Crippen LogP contribution in [-0.2, 0) is 12.5 Å². The van der Waals surface area contributed by atoms with Crippen molar-refractivity contribution < 1.29 is 9.53 Å². The van der Waals surface area contributed by atoms with E-state index < -0.39 is 0 Å². The molecule has 5 rings (SSSR count). The standard InChI is InChI=1S/C25H29N5O2/c1-26-22(31)18-7-6-10-21(17-18)32-20-11-15-30(16-12-20)24-28-27-23(29(24)2)25(13-14-25)19-8-4-3-5-9-19/h3-10,17,20H,11-16H2,1-2H3,(H,26,31). The highest BCUT2D eigenvalue weighted by molar-refractivity contribution is 5.94. The zero-order chi connectivity index (χ0) is 22.1. The quantitative estimate of drug-likeness (QED) is 0.648. The van der Waals surface area contributed by atoms with Crippen molar-refractivity contribution in [2.75, 3.05) is 25.0 Å². The summed E-state index contributed by atoms with van der Waals surface area (Å²) >= 11 is 0. The molecule has 2 aromatic carbocycles. The van der Waals surface area contributed by atoms with Crippen LogP contribution >= 0.6 is 0 Å². The van der Waals surface area contributed by atoms with Gasteiger partial charge in [0.1, 0.15) is 17.7 Å². The van der Waals surface area contributed by atoms with Crippen LogP contribution in [0, 0.1) is 0 Å². The number of carbonyl (C=O) groups is 1. The summed E-state index contributed by atoms with van der Waals surface area (Å²) in [5, 5.41) is 11.9. The molecule has 32 heavy (non-hydrogen) atoms. The highest BCUT2D eigenvalue weighted by atomic mass is 16.5. The van der Waals surface area contributed by atoms with E-state index in [-0.39, 0.29) is 17.4 Å². The maximum absolute atomic E-state index is 11.9. The van der Waals surface area contributed by atoms with E-state index in [1.807, 2.05) is 12.1 Å². The van der Waals surface area contributed by atoms with Gasteiger partial charge in [0.15, 0.2) is 0 Å². The highest BCUT2D eigenvalue weighted by Gasteiger charge is 2.50. The van der Waals surface area contributed by atoms with Gasteiger partial charge in [-0.25, -0.2) is 0 Å². The lowest BCUT2D eigenvalue weighted by Crippen LogP contribution is -2.39. The van der Waals surface area contributed by atoms with Crippen molar-refractivity contribution in [1.82, 2.24) is 20.1 Å². The van der Waals surface area contributed by atoms with Gasteiger partial charge < -0.3 is 15.0 Å². The fourth-order valence-electron chi connectivity index (χ4n) is 4.76. The number of amides is 1. The number of hydrogen-bond acceptors (Lipinski definition) is 5. The molecule has 0 spiro atoms. The summed E-state index contributed by atoms with van der Waals surface area (Å²) in [7, 11) is 3.72. The second-order valence-corrected chi connectivity index (χ2v) is 8.74. The summed E-state index contributed by atoms with van der Waals surface area (Å²) in [6, 6.07) is 18.0. The van der Waals surface area contributed by atoms with E-state index in [1.54, 1.807) is 19.2 Å². The first-order chi connectivity index (χ1) is 15.6. The number of rotatable bonds is 6. The molecular weight excluding hydrogens is 402 g/mol. The Morgan fingerprint density at radius 1 is 1.06 bits per heavy atom. The Bertz CT molecular complexity index is 1100. The molecule has 1 aliphatic heterocycles. The third-order valence-electron chi connectivity index (χ3n) is 6.71. The molecular formula is C25H29N5O2. The fraction of sp³-hybridized carbons (Fsp3) is 0.400. The van der Waals surface area contributed by atoms with E-state index in [0.29, 0.717) is 5.56 Å². The van der Waals surface area contributed by atoms with Gasteiger partial charge in [0.2, 0.25) is 5.95 Å². The zero-order valence-corrected chi connectivity index (χ0v) is 18.6. The Labute approximate surface area is 188 Å². The summed E-state index contributed by atoms with van der Waals surface area (Å²) in [4.78, 5) is 14.2. The van der Waals surface area contributed by atoms with Crippen LogP contribution < -0.4 is 15.0 Å². The summed E-state index contributed by atoms with van der Waals surface area (Å²) in [5.74, 6) is 2.63. The Hall–Kier alpha value is -3.35. The molecule has 1 aromatic heterocycles. The number of nitrogens with zero attached hydrogens (tertiary/aromatic N) is 4. The van der Waals surface area contributed by atoms with Crippen molar-refractivity contribution in [1.29, 1.82) is 0 Å². The average Bonchev–Trinajstić information content (AvgIpc) is 3.56. The third-order valence-corrected chi connectivity index (χ3v) is 6.71. The number of piperidine rings is 1. The molecule has 1 saturated heterocycles. The van der Waals surface area contributed by atoms with Crippen LogP contribution in [0.5, 0.6) is 5.75 Å². The van der Waals surface area contributed by atoms with E-state index in [4.69, 9.17) is 4.74 Å². The minimum absolute atomic E-state index is 0.0124. The minimum Gasteiger partial charge on any atom is -0.490 e. The van der Waals surface area contributed by atoms with Crippen molar-refractivity contribution in [3.05, 3.63) is 71.5 Å². The van der Waals surface area contributed by atoms with Crippen LogP contribution in [0.25, 0.3) is 0 Å². The van der Waals surface area contributed by atoms with Gasteiger partial charge >= 0.3 is 0 Å². The molecule has 3 aromatic rings. The molecule has 2 fully saturated rings. The Balaban J connectivity index is 1.25. The number of anilines is 1. The number of hydrogen-bond donors (Lipinski definition) is 1. The van der Waals surface area contributed by atoms with E-state index in [0.717, 1.165) is 56.3 Å². The lowest BCUT2D eigenvalue weighted by molar-refractivity contribution is 0.0962. The molecule has 1 amide bonds. The summed E-state index contributed by atoms with van der Waals surface area (Å²) in [6.45, 7) is 1.73. The van der Waals surface area contributed by atoms with Crippen LogP contribution in [0.15, 0.2) is 54.6 Å². The van der Waals surface area contributed by atoms with Gasteiger partial charge in [-0.2, -0.15) is 0 Å². The largest absolute Gasteiger partial charge is 0.490 e. The molecule has 7 nitrogen and oxygen atoms in total. The van der Waals surface area contributed by atoms with Crippen LogP contribution in [0.4, 0.5) is 5.95 Å². The monoisotopic (exact) mass is 431 g/mol. The third kappa shape index (κ3) is 3.72. The molecule has 0 bridgehead atoms. The van der Waals surface area contributed by atoms with Gasteiger partial charge in [0.25, 0.3) is 5.91 Å². The van der Waals surface area contributed by atoms with Gasteiger partial charge in [-0.3, -0.25) is 9.36 Å². The van der Waals surface area contributed by atoms with Gasteiger partial charge in [-0.05, 0) is 36.6 Å². The molecule has 1 saturated carbocycles. The highest BCUT2D eigenvalue weighted by Crippen LogP contribution is 2.52. The first kappa shape index (κ1) is 20.5. The number of benzene rings is 2. The summed E-state index contributed by atoms with van der Waals surface area (Å²) in [5.41, 5.74) is 1.95. The summed E-state index contributed by atoms with van der Waals surface area (Å²) < 4.78 is 8.36. The van der Waals surface area contributed by atoms with E-state index in [2.05, 4.69) is 62.4 Å². The van der Waals surface area contributed by atoms with Gasteiger partial charge in [-0.1, -0.05) is 36.4 Å². The lowest BCUT2D eigenvalue weighted by atomic mass is 9.95. The Kier molecular flexibility index (Phi) is 5.33. The second-order valence-electron chi connectivity index (χ2n) is 8.74. The van der Waals surface area contributed by atoms with Gasteiger partial charge in [0, 0.05) is 45.6 Å². The molecule has 0 atom stereocenters. The molecule has 1 N–H and O–H groups in total. The molecule has 166 valence electrons. The lowest BCUT2D eigenvalue weighted by Gasteiger charge is -2.32. The molecule has 2 heterocycles. The summed E-state index contributed by atoms with van der Waals surface area (Å²) in [6.07, 6.45) is 4.16. The average molecular weight is 432 g/mol. The van der Waals surface area contributed by atoms with Crippen molar-refractivity contribution in [3.63, 3.8) is 0 Å². The van der Waals surface area contributed by atoms with Crippen molar-refractivity contribution in [2.45, 2.75) is 37.2 Å². The predicted molar refractivity (Wildman–Crippen MR) is 123 cm³/mol. The van der Waals surface area contributed by atoms with E-state index in [9.17, 15) is 4.79 Å². The van der Waals surface area contributed by atoms with Crippen LogP contribution in [0.3, 0.4) is 0 Å². The number of ether oxygens (including phenoxy) is 1. The molecule has 7 heteroatoms. The predicted octanol–water partition coefficient (Wildman–Crippen LogP) is 3.30. The maximum Gasteiger partial charge on any atom is 0.251 e. The minimum atomic E-state index is -0.104. The van der Waals surface area contributed by atoms with E-state index in [1.165, 1.54) is 5.56 Å². The van der Waals surface area contributed by atoms with Crippen molar-refractivity contribution >= 4 is 11.9 Å². The normalized spacial score (nSPS) is 17.8. The second kappa shape index (κ2) is 8.30. The topological polar surface area (TPSA) is 72.3 Å². The molecule has 0 unspecified atom stereocenters. The fourth-order valence-corrected chi connectivity index (χ4v) is 4.76. The number of aromatic nitrogens is 3. The molecule has 0 radical (unpaired) electrons. The Morgan fingerprint density at radius 3 is 2.50 bits per heavy atom. The van der Waals surface area contributed by atoms with Crippen LogP contribution in [0.1, 0.15) is 47.4 Å². The Morgan fingerprint density at radius 2 is 1.81 bits per heavy atom. The first-order valence-corrected chi connectivity index (χ1v) is 11.3. The first-order valence-electron chi connectivity index (χ1n) is 11.3. The smallest absolute Gasteiger partial charge is 0.251 e. The van der Waals surface area contributed by atoms with Crippen molar-refractivity contribution in [3.8, 4) is 5.75 Å². The van der Waals surface area contributed by atoms with E-state index >= 15 is 0 Å². The van der Waals surface area contributed by atoms with Gasteiger partial charge in [0.05, 0.1) is 5.41 Å². The van der Waals surface area contributed by atoms with Crippen molar-refractivity contribution in [2.24, 2.45) is 7.05 Å². The zero-order valence-electron chi connectivity index (χ0n) is 18.6. The van der Waals surface area contributed by atoms with Crippen LogP contribution in [0.2, 0.25) is 0 Å². The number of nitrogens with one attached hydrogen (secondary N) is 1. The van der Waals surface area contributed by atoms with Gasteiger partial charge in [-0.15, -0.1) is 10.2 Å².